The Labute approximate surface area is 249 Å². The van der Waals surface area contributed by atoms with Crippen LogP contribution < -0.4 is 29.3 Å². The first-order valence-electron chi connectivity index (χ1n) is 13.9. The van der Waals surface area contributed by atoms with Crippen molar-refractivity contribution < 1.29 is 28.6 Å². The first-order valence-corrected chi connectivity index (χ1v) is 13.9. The van der Waals surface area contributed by atoms with Crippen molar-refractivity contribution in [1.82, 2.24) is 9.47 Å². The summed E-state index contributed by atoms with van der Waals surface area (Å²) in [5.74, 6) is 1.19. The minimum atomic E-state index is -1.01. The van der Waals surface area contributed by atoms with Gasteiger partial charge in [-0.15, -0.1) is 0 Å². The van der Waals surface area contributed by atoms with Gasteiger partial charge in [-0.05, 0) is 55.3 Å². The van der Waals surface area contributed by atoms with Gasteiger partial charge in [-0.1, -0.05) is 49.7 Å². The summed E-state index contributed by atoms with van der Waals surface area (Å²) < 4.78 is 16.9. The van der Waals surface area contributed by atoms with Crippen molar-refractivity contribution in [3.05, 3.63) is 109 Å². The number of imide groups is 1. The molecule has 2 N–H and O–H groups in total. The number of nitrogens with two attached hydrogens (primary N) is 1. The fourth-order valence-corrected chi connectivity index (χ4v) is 4.74. The van der Waals surface area contributed by atoms with E-state index in [2.05, 4.69) is 11.9 Å². The Hall–Kier alpha value is -5.48. The summed E-state index contributed by atoms with van der Waals surface area (Å²) in [6.07, 6.45) is 5.93. The second kappa shape index (κ2) is 13.0. The number of ether oxygens (including phenoxy) is 3. The molecule has 0 spiro atoms. The third-order valence-corrected chi connectivity index (χ3v) is 6.89. The molecule has 3 aromatic carbocycles. The quantitative estimate of drug-likeness (QED) is 0.160. The van der Waals surface area contributed by atoms with Crippen LogP contribution in [0.4, 0.5) is 25.9 Å². The number of aromatic nitrogens is 1. The number of benzene rings is 3. The average Bonchev–Trinajstić information content (AvgIpc) is 3.37. The van der Waals surface area contributed by atoms with E-state index in [0.717, 1.165) is 30.5 Å². The lowest BCUT2D eigenvalue weighted by atomic mass is 10.1. The number of quaternary nitrogens is 1. The van der Waals surface area contributed by atoms with E-state index in [9.17, 15) is 14.4 Å². The molecule has 4 amide bonds. The van der Waals surface area contributed by atoms with Crippen LogP contribution in [-0.4, -0.2) is 29.7 Å². The van der Waals surface area contributed by atoms with Crippen molar-refractivity contribution in [3.63, 3.8) is 0 Å². The second-order valence-corrected chi connectivity index (χ2v) is 9.82. The number of primary amides is 1. The lowest BCUT2D eigenvalue weighted by Crippen LogP contribution is -2.52. The Bertz CT molecular complexity index is 1590. The molecule has 43 heavy (non-hydrogen) atoms. The normalized spacial score (nSPS) is 14.9. The first-order chi connectivity index (χ1) is 20.9. The Morgan fingerprint density at radius 2 is 1.42 bits per heavy atom. The number of amides is 4. The number of para-hydroxylation sites is 2. The molecule has 1 atom stereocenters. The van der Waals surface area contributed by atoms with Crippen LogP contribution in [0.2, 0.25) is 0 Å². The molecule has 0 fully saturated rings. The highest BCUT2D eigenvalue weighted by atomic mass is 16.6. The summed E-state index contributed by atoms with van der Waals surface area (Å²) >= 11 is 0. The molecule has 218 valence electrons. The number of hydrogen-bond acceptors (Lipinski definition) is 7. The van der Waals surface area contributed by atoms with Crippen molar-refractivity contribution in [1.29, 1.82) is 0 Å². The topological polar surface area (TPSA) is 121 Å². The number of anilines is 1. The SMILES string of the molecule is CCCCC[N+]1(C(N)=O)C=Cc2cc(Oc3ccnc(N(C(=O)Oc4ccccc4)C(=O)Oc4ccccc4)c3)ccc21. The molecule has 2 heterocycles. The molecule has 10 heteroatoms. The van der Waals surface area contributed by atoms with Crippen molar-refractivity contribution in [3.8, 4) is 23.0 Å². The van der Waals surface area contributed by atoms with Crippen LogP contribution in [-0.2, 0) is 0 Å². The van der Waals surface area contributed by atoms with E-state index in [1.54, 1.807) is 78.9 Å². The fourth-order valence-electron chi connectivity index (χ4n) is 4.74. The molecular formula is C33H31N4O6+. The molecule has 0 radical (unpaired) electrons. The lowest BCUT2D eigenvalue weighted by molar-refractivity contribution is 0.190. The standard InChI is InChI=1S/C33H30N4O6/c1-2-3-10-20-37(31(34)38)21-18-24-22-27(15-16-29(24)37)41-28-17-19-35-30(23-28)36(32(39)42-25-11-6-4-7-12-25)33(40)43-26-13-8-5-9-14-26/h4-9,11-19,21-23H,2-3,10,20H2,1H3,(H-,34,38)/p+1. The van der Waals surface area contributed by atoms with Crippen LogP contribution in [0.15, 0.2) is 103 Å². The summed E-state index contributed by atoms with van der Waals surface area (Å²) in [7, 11) is 0. The minimum absolute atomic E-state index is 0.0446. The number of urea groups is 1. The van der Waals surface area contributed by atoms with Gasteiger partial charge in [0.05, 0.1) is 6.54 Å². The van der Waals surface area contributed by atoms with Gasteiger partial charge < -0.3 is 19.9 Å². The summed E-state index contributed by atoms with van der Waals surface area (Å²) in [5.41, 5.74) is 7.44. The zero-order valence-corrected chi connectivity index (χ0v) is 23.6. The van der Waals surface area contributed by atoms with Crippen molar-refractivity contribution >= 4 is 35.8 Å². The highest BCUT2D eigenvalue weighted by Crippen LogP contribution is 2.39. The van der Waals surface area contributed by atoms with Crippen LogP contribution in [0.5, 0.6) is 23.0 Å². The van der Waals surface area contributed by atoms with Gasteiger partial charge in [-0.2, -0.15) is 9.38 Å². The zero-order valence-electron chi connectivity index (χ0n) is 23.6. The Morgan fingerprint density at radius 3 is 2.02 bits per heavy atom. The van der Waals surface area contributed by atoms with Crippen LogP contribution in [0, 0.1) is 0 Å². The monoisotopic (exact) mass is 579 g/mol. The maximum Gasteiger partial charge on any atom is 0.430 e. The van der Waals surface area contributed by atoms with Gasteiger partial charge >= 0.3 is 18.2 Å². The third kappa shape index (κ3) is 6.55. The predicted octanol–water partition coefficient (Wildman–Crippen LogP) is 7.64. The molecular weight excluding hydrogens is 548 g/mol. The lowest BCUT2D eigenvalue weighted by Gasteiger charge is -2.27. The van der Waals surface area contributed by atoms with Crippen molar-refractivity contribution in [2.75, 3.05) is 11.4 Å². The van der Waals surface area contributed by atoms with Gasteiger partial charge in [-0.25, -0.2) is 19.4 Å². The predicted molar refractivity (Wildman–Crippen MR) is 163 cm³/mol. The number of nitrogens with zero attached hydrogens (tertiary/aromatic N) is 3. The molecule has 5 rings (SSSR count). The first kappa shape index (κ1) is 29.0. The summed E-state index contributed by atoms with van der Waals surface area (Å²) in [4.78, 5) is 43.9. The molecule has 0 saturated carbocycles. The molecule has 0 bridgehead atoms. The minimum Gasteiger partial charge on any atom is -0.457 e. The number of unbranched alkanes of at least 4 members (excludes halogenated alkanes) is 2. The van der Waals surface area contributed by atoms with E-state index in [1.807, 2.05) is 18.3 Å². The van der Waals surface area contributed by atoms with Crippen LogP contribution >= 0.6 is 0 Å². The molecule has 1 aliphatic rings. The number of fused-ring (bicyclic) bond motifs is 1. The van der Waals surface area contributed by atoms with Crippen LogP contribution in [0.1, 0.15) is 31.7 Å². The largest absolute Gasteiger partial charge is 0.457 e. The average molecular weight is 580 g/mol. The maximum absolute atomic E-state index is 13.2. The Morgan fingerprint density at radius 1 is 0.791 bits per heavy atom. The van der Waals surface area contributed by atoms with Gasteiger partial charge in [0.1, 0.15) is 29.2 Å². The summed E-state index contributed by atoms with van der Waals surface area (Å²) in [6.45, 7) is 2.68. The molecule has 0 aliphatic carbocycles. The molecule has 1 unspecified atom stereocenters. The molecule has 1 aliphatic heterocycles. The number of pyridine rings is 1. The van der Waals surface area contributed by atoms with Crippen molar-refractivity contribution in [2.45, 2.75) is 26.2 Å². The highest BCUT2D eigenvalue weighted by molar-refractivity contribution is 6.09. The third-order valence-electron chi connectivity index (χ3n) is 6.89. The van der Waals surface area contributed by atoms with Gasteiger partial charge in [0.2, 0.25) is 0 Å². The number of carbonyl (C=O) groups excluding carboxylic acids is 3. The second-order valence-electron chi connectivity index (χ2n) is 9.82. The fraction of sp³-hybridized carbons (Fsp3) is 0.152. The molecule has 4 aromatic rings. The Balaban J connectivity index is 1.40. The zero-order chi connectivity index (χ0) is 30.2. The smallest absolute Gasteiger partial charge is 0.430 e. The van der Waals surface area contributed by atoms with Gasteiger partial charge in [0.15, 0.2) is 11.5 Å². The molecule has 10 nitrogen and oxygen atoms in total. The highest BCUT2D eigenvalue weighted by Gasteiger charge is 2.40. The van der Waals surface area contributed by atoms with E-state index in [-0.39, 0.29) is 21.8 Å². The Kier molecular flexibility index (Phi) is 8.78. The van der Waals surface area contributed by atoms with Crippen LogP contribution in [0.3, 0.4) is 0 Å². The number of rotatable bonds is 9. The van der Waals surface area contributed by atoms with Gasteiger partial charge in [-0.3, -0.25) is 0 Å². The summed E-state index contributed by atoms with van der Waals surface area (Å²) in [5, 5.41) is 0. The maximum atomic E-state index is 13.2. The van der Waals surface area contributed by atoms with Crippen LogP contribution in [0.25, 0.3) is 6.08 Å². The van der Waals surface area contributed by atoms with E-state index >= 15 is 0 Å². The molecule has 0 saturated heterocycles. The van der Waals surface area contributed by atoms with Gasteiger partial charge in [0.25, 0.3) is 0 Å². The van der Waals surface area contributed by atoms with E-state index in [1.165, 1.54) is 12.3 Å². The van der Waals surface area contributed by atoms with E-state index in [0.29, 0.717) is 22.9 Å². The molecule has 1 aromatic heterocycles. The van der Waals surface area contributed by atoms with Crippen molar-refractivity contribution in [2.24, 2.45) is 5.73 Å². The number of carbonyl (C=O) groups is 3. The van der Waals surface area contributed by atoms with E-state index < -0.39 is 18.2 Å². The summed E-state index contributed by atoms with van der Waals surface area (Å²) in [6, 6.07) is 24.6. The van der Waals surface area contributed by atoms with E-state index in [4.69, 9.17) is 19.9 Å². The number of hydrogen-bond donors (Lipinski definition) is 1. The van der Waals surface area contributed by atoms with Gasteiger partial charge in [0, 0.05) is 30.0 Å².